The molecule has 0 saturated carbocycles. The third-order valence-electron chi connectivity index (χ3n) is 5.27. The van der Waals surface area contributed by atoms with E-state index in [1.54, 1.807) is 56.6 Å². The molecule has 1 heterocycles. The fraction of sp³-hybridized carbons (Fsp3) is 0.348. The van der Waals surface area contributed by atoms with Gasteiger partial charge >= 0.3 is 0 Å². The van der Waals surface area contributed by atoms with Crippen LogP contribution in [0.25, 0.3) is 0 Å². The SMILES string of the molecule is CN(C)C(=O)c1ccc(NC(=O)CN2CCCCC2C(=O)Nc2ccc(Cl)c(Cl)c2)cc1. The molecule has 0 aliphatic carbocycles. The van der Waals surface area contributed by atoms with Gasteiger partial charge in [-0.2, -0.15) is 0 Å². The molecule has 3 amide bonds. The van der Waals surface area contributed by atoms with Crippen LogP contribution >= 0.6 is 23.2 Å². The Bertz CT molecular complexity index is 995. The lowest BCUT2D eigenvalue weighted by atomic mass is 10.0. The smallest absolute Gasteiger partial charge is 0.253 e. The first-order valence-electron chi connectivity index (χ1n) is 10.4. The summed E-state index contributed by atoms with van der Waals surface area (Å²) in [5.74, 6) is -0.500. The number of carbonyl (C=O) groups excluding carboxylic acids is 3. The van der Waals surface area contributed by atoms with Crippen LogP contribution in [-0.4, -0.2) is 60.7 Å². The van der Waals surface area contributed by atoms with Crippen molar-refractivity contribution >= 4 is 52.3 Å². The normalized spacial score (nSPS) is 16.3. The molecule has 2 aromatic carbocycles. The zero-order chi connectivity index (χ0) is 23.3. The monoisotopic (exact) mass is 476 g/mol. The van der Waals surface area contributed by atoms with E-state index in [9.17, 15) is 14.4 Å². The van der Waals surface area contributed by atoms with Crippen LogP contribution in [0.3, 0.4) is 0 Å². The second kappa shape index (κ2) is 10.8. The van der Waals surface area contributed by atoms with E-state index in [1.807, 2.05) is 4.90 Å². The molecule has 0 spiro atoms. The largest absolute Gasteiger partial charge is 0.345 e. The lowest BCUT2D eigenvalue weighted by Gasteiger charge is -2.34. The van der Waals surface area contributed by atoms with Crippen LogP contribution in [0.4, 0.5) is 11.4 Å². The molecule has 2 N–H and O–H groups in total. The van der Waals surface area contributed by atoms with Gasteiger partial charge in [0.1, 0.15) is 0 Å². The first-order valence-corrected chi connectivity index (χ1v) is 11.1. The molecule has 1 saturated heterocycles. The van der Waals surface area contributed by atoms with Gasteiger partial charge < -0.3 is 15.5 Å². The lowest BCUT2D eigenvalue weighted by molar-refractivity contribution is -0.124. The van der Waals surface area contributed by atoms with Gasteiger partial charge in [-0.1, -0.05) is 29.6 Å². The third kappa shape index (κ3) is 6.22. The molecular weight excluding hydrogens is 451 g/mol. The number of benzene rings is 2. The predicted octanol–water partition coefficient (Wildman–Crippen LogP) is 4.13. The molecule has 7 nitrogen and oxygen atoms in total. The number of anilines is 2. The molecule has 9 heteroatoms. The fourth-order valence-electron chi connectivity index (χ4n) is 3.62. The van der Waals surface area contributed by atoms with Crippen molar-refractivity contribution in [3.8, 4) is 0 Å². The van der Waals surface area contributed by atoms with Gasteiger partial charge in [-0.15, -0.1) is 0 Å². The maximum atomic E-state index is 12.9. The van der Waals surface area contributed by atoms with Crippen LogP contribution in [0.5, 0.6) is 0 Å². The van der Waals surface area contributed by atoms with Crippen molar-refractivity contribution in [3.63, 3.8) is 0 Å². The van der Waals surface area contributed by atoms with Gasteiger partial charge in [0, 0.05) is 31.0 Å². The van der Waals surface area contributed by atoms with E-state index in [0.29, 0.717) is 39.9 Å². The van der Waals surface area contributed by atoms with E-state index in [1.165, 1.54) is 4.90 Å². The molecule has 0 bridgehead atoms. The van der Waals surface area contributed by atoms with Gasteiger partial charge in [-0.05, 0) is 61.9 Å². The Balaban J connectivity index is 1.60. The average molecular weight is 477 g/mol. The Morgan fingerprint density at radius 2 is 1.66 bits per heavy atom. The molecule has 1 aliphatic rings. The summed E-state index contributed by atoms with van der Waals surface area (Å²) in [6.07, 6.45) is 2.51. The van der Waals surface area contributed by atoms with Crippen LogP contribution in [0.15, 0.2) is 42.5 Å². The van der Waals surface area contributed by atoms with E-state index >= 15 is 0 Å². The summed E-state index contributed by atoms with van der Waals surface area (Å²) in [5, 5.41) is 6.49. The van der Waals surface area contributed by atoms with E-state index < -0.39 is 6.04 Å². The van der Waals surface area contributed by atoms with E-state index in [-0.39, 0.29) is 24.3 Å². The van der Waals surface area contributed by atoms with Crippen molar-refractivity contribution in [2.45, 2.75) is 25.3 Å². The van der Waals surface area contributed by atoms with Gasteiger partial charge in [-0.25, -0.2) is 0 Å². The highest BCUT2D eigenvalue weighted by atomic mass is 35.5. The second-order valence-corrected chi connectivity index (χ2v) is 8.74. The number of hydrogen-bond acceptors (Lipinski definition) is 4. The van der Waals surface area contributed by atoms with Gasteiger partial charge in [0.25, 0.3) is 5.91 Å². The topological polar surface area (TPSA) is 81.8 Å². The number of piperidine rings is 1. The Labute approximate surface area is 197 Å². The van der Waals surface area contributed by atoms with Gasteiger partial charge in [0.2, 0.25) is 11.8 Å². The standard InChI is InChI=1S/C23H26Cl2N4O3/c1-28(2)23(32)15-6-8-16(9-7-15)26-21(30)14-29-12-4-3-5-20(29)22(31)27-17-10-11-18(24)19(25)13-17/h6-11,13,20H,3-5,12,14H2,1-2H3,(H,26,30)(H,27,31). The third-order valence-corrected chi connectivity index (χ3v) is 6.01. The Kier molecular flexibility index (Phi) is 8.12. The summed E-state index contributed by atoms with van der Waals surface area (Å²) in [7, 11) is 3.37. The fourth-order valence-corrected chi connectivity index (χ4v) is 3.91. The summed E-state index contributed by atoms with van der Waals surface area (Å²) < 4.78 is 0. The summed E-state index contributed by atoms with van der Waals surface area (Å²) in [4.78, 5) is 40.9. The van der Waals surface area contributed by atoms with Crippen molar-refractivity contribution in [1.82, 2.24) is 9.80 Å². The van der Waals surface area contributed by atoms with E-state index in [0.717, 1.165) is 12.8 Å². The van der Waals surface area contributed by atoms with Crippen molar-refractivity contribution < 1.29 is 14.4 Å². The maximum Gasteiger partial charge on any atom is 0.253 e. The molecule has 3 rings (SSSR count). The minimum Gasteiger partial charge on any atom is -0.345 e. The van der Waals surface area contributed by atoms with Crippen molar-refractivity contribution in [2.24, 2.45) is 0 Å². The van der Waals surface area contributed by atoms with Crippen molar-refractivity contribution in [2.75, 3.05) is 37.8 Å². The molecule has 170 valence electrons. The number of rotatable bonds is 6. The van der Waals surface area contributed by atoms with Crippen LogP contribution in [0.2, 0.25) is 10.0 Å². The molecule has 0 aromatic heterocycles. The van der Waals surface area contributed by atoms with Crippen LogP contribution in [-0.2, 0) is 9.59 Å². The highest BCUT2D eigenvalue weighted by molar-refractivity contribution is 6.42. The van der Waals surface area contributed by atoms with Gasteiger partial charge in [0.05, 0.1) is 22.6 Å². The van der Waals surface area contributed by atoms with Gasteiger partial charge in [0.15, 0.2) is 0 Å². The first-order chi connectivity index (χ1) is 15.2. The number of carbonyl (C=O) groups is 3. The number of halogens is 2. The highest BCUT2D eigenvalue weighted by Gasteiger charge is 2.30. The summed E-state index contributed by atoms with van der Waals surface area (Å²) in [6, 6.07) is 11.2. The van der Waals surface area contributed by atoms with Crippen LogP contribution in [0.1, 0.15) is 29.6 Å². The molecular formula is C23H26Cl2N4O3. The minimum absolute atomic E-state index is 0.0951. The lowest BCUT2D eigenvalue weighted by Crippen LogP contribution is -2.49. The average Bonchev–Trinajstić information content (AvgIpc) is 2.76. The number of nitrogens with one attached hydrogen (secondary N) is 2. The van der Waals surface area contributed by atoms with E-state index in [4.69, 9.17) is 23.2 Å². The number of nitrogens with zero attached hydrogens (tertiary/aromatic N) is 2. The maximum absolute atomic E-state index is 12.9. The molecule has 1 aliphatic heterocycles. The molecule has 1 atom stereocenters. The molecule has 0 radical (unpaired) electrons. The quantitative estimate of drug-likeness (QED) is 0.656. The highest BCUT2D eigenvalue weighted by Crippen LogP contribution is 2.26. The van der Waals surface area contributed by atoms with Crippen LogP contribution in [0, 0.1) is 0 Å². The summed E-state index contributed by atoms with van der Waals surface area (Å²) in [5.41, 5.74) is 1.70. The number of likely N-dealkylation sites (tertiary alicyclic amines) is 1. The summed E-state index contributed by atoms with van der Waals surface area (Å²) >= 11 is 12.0. The Hall–Kier alpha value is -2.61. The summed E-state index contributed by atoms with van der Waals surface area (Å²) in [6.45, 7) is 0.751. The van der Waals surface area contributed by atoms with Crippen molar-refractivity contribution in [1.29, 1.82) is 0 Å². The molecule has 1 unspecified atom stereocenters. The van der Waals surface area contributed by atoms with Crippen LogP contribution < -0.4 is 10.6 Å². The zero-order valence-corrected chi connectivity index (χ0v) is 19.5. The molecule has 32 heavy (non-hydrogen) atoms. The molecule has 1 fully saturated rings. The number of amides is 3. The Morgan fingerprint density at radius 3 is 2.31 bits per heavy atom. The van der Waals surface area contributed by atoms with Crippen molar-refractivity contribution in [3.05, 3.63) is 58.1 Å². The number of hydrogen-bond donors (Lipinski definition) is 2. The second-order valence-electron chi connectivity index (χ2n) is 7.93. The minimum atomic E-state index is -0.413. The van der Waals surface area contributed by atoms with E-state index in [2.05, 4.69) is 10.6 Å². The predicted molar refractivity (Wildman–Crippen MR) is 127 cm³/mol. The Morgan fingerprint density at radius 1 is 0.969 bits per heavy atom. The zero-order valence-electron chi connectivity index (χ0n) is 18.0. The molecule has 2 aromatic rings. The van der Waals surface area contributed by atoms with Gasteiger partial charge in [-0.3, -0.25) is 19.3 Å². The first kappa shape index (κ1) is 24.0.